The molecular weight excluding hydrogens is 406 g/mol. The van der Waals surface area contributed by atoms with Gasteiger partial charge in [-0.2, -0.15) is 0 Å². The number of carbonyl (C=O) groups excluding carboxylic acids is 1. The molecule has 2 aromatic rings. The Kier molecular flexibility index (Phi) is 6.12. The molecule has 1 atom stereocenters. The zero-order chi connectivity index (χ0) is 21.0. The molecule has 1 aromatic carbocycles. The van der Waals surface area contributed by atoms with Crippen LogP contribution in [0.3, 0.4) is 0 Å². The second-order valence-electron chi connectivity index (χ2n) is 7.18. The summed E-state index contributed by atoms with van der Waals surface area (Å²) in [7, 11) is -3.63. The number of allylic oxidation sites excluding steroid dienone is 4. The van der Waals surface area contributed by atoms with Crippen LogP contribution < -0.4 is 10.2 Å². The minimum Gasteiger partial charge on any atom is -0.350 e. The SMILES string of the molecule is O=C(NOC1CCCCO1)c1cnc2ccc(NS(=O)(=O)C3=CC=CCC3)cc2c1. The van der Waals surface area contributed by atoms with Gasteiger partial charge >= 0.3 is 0 Å². The zero-order valence-corrected chi connectivity index (χ0v) is 17.2. The first-order valence-electron chi connectivity index (χ1n) is 9.87. The minimum absolute atomic E-state index is 0.304. The maximum absolute atomic E-state index is 12.6. The van der Waals surface area contributed by atoms with E-state index in [1.807, 2.05) is 6.08 Å². The molecule has 1 amide bonds. The molecule has 2 heterocycles. The number of hydrogen-bond donors (Lipinski definition) is 2. The van der Waals surface area contributed by atoms with Crippen LogP contribution in [0.25, 0.3) is 10.9 Å². The summed E-state index contributed by atoms with van der Waals surface area (Å²) < 4.78 is 33.2. The molecule has 2 N–H and O–H groups in total. The number of nitrogens with zero attached hydrogens (tertiary/aromatic N) is 1. The fraction of sp³-hybridized carbons (Fsp3) is 0.333. The monoisotopic (exact) mass is 429 g/mol. The van der Waals surface area contributed by atoms with E-state index in [9.17, 15) is 13.2 Å². The first kappa shape index (κ1) is 20.5. The quantitative estimate of drug-likeness (QED) is 0.682. The van der Waals surface area contributed by atoms with E-state index < -0.39 is 22.2 Å². The van der Waals surface area contributed by atoms with E-state index in [1.165, 1.54) is 6.20 Å². The van der Waals surface area contributed by atoms with Crippen molar-refractivity contribution in [1.82, 2.24) is 10.5 Å². The second kappa shape index (κ2) is 8.95. The fourth-order valence-electron chi connectivity index (χ4n) is 3.33. The number of aromatic nitrogens is 1. The van der Waals surface area contributed by atoms with Crippen LogP contribution in [-0.4, -0.2) is 32.2 Å². The van der Waals surface area contributed by atoms with Crippen LogP contribution >= 0.6 is 0 Å². The third-order valence-corrected chi connectivity index (χ3v) is 6.47. The number of carbonyl (C=O) groups is 1. The minimum atomic E-state index is -3.63. The number of pyridine rings is 1. The van der Waals surface area contributed by atoms with Crippen LogP contribution in [0.4, 0.5) is 5.69 Å². The van der Waals surface area contributed by atoms with Gasteiger partial charge in [-0.25, -0.2) is 18.7 Å². The van der Waals surface area contributed by atoms with Crippen molar-refractivity contribution < 1.29 is 22.8 Å². The Labute approximate surface area is 175 Å². The summed E-state index contributed by atoms with van der Waals surface area (Å²) in [4.78, 5) is 22.3. The number of ether oxygens (including phenoxy) is 1. The van der Waals surface area contributed by atoms with Crippen molar-refractivity contribution in [1.29, 1.82) is 0 Å². The molecule has 0 spiro atoms. The van der Waals surface area contributed by atoms with E-state index >= 15 is 0 Å². The molecule has 8 nitrogen and oxygen atoms in total. The van der Waals surface area contributed by atoms with Crippen LogP contribution in [0.15, 0.2) is 53.6 Å². The third-order valence-electron chi connectivity index (χ3n) is 4.94. The molecule has 0 bridgehead atoms. The summed E-state index contributed by atoms with van der Waals surface area (Å²) in [5.41, 5.74) is 3.75. The summed E-state index contributed by atoms with van der Waals surface area (Å²) in [5, 5.41) is 0.634. The van der Waals surface area contributed by atoms with Gasteiger partial charge in [0.05, 0.1) is 16.0 Å². The van der Waals surface area contributed by atoms with Crippen molar-refractivity contribution in [3.8, 4) is 0 Å². The highest BCUT2D eigenvalue weighted by Gasteiger charge is 2.19. The van der Waals surface area contributed by atoms with Gasteiger partial charge in [-0.3, -0.25) is 14.5 Å². The number of benzene rings is 1. The average Bonchev–Trinajstić information content (AvgIpc) is 2.78. The maximum Gasteiger partial charge on any atom is 0.276 e. The summed E-state index contributed by atoms with van der Waals surface area (Å²) in [6, 6.07) is 6.65. The number of hydroxylamine groups is 1. The molecule has 1 aliphatic carbocycles. The normalized spacial score (nSPS) is 19.3. The Morgan fingerprint density at radius 2 is 2.13 bits per heavy atom. The Hall–Kier alpha value is -2.75. The van der Waals surface area contributed by atoms with Crippen LogP contribution in [0.2, 0.25) is 0 Å². The fourth-order valence-corrected chi connectivity index (χ4v) is 4.54. The molecule has 0 saturated carbocycles. The van der Waals surface area contributed by atoms with E-state index in [4.69, 9.17) is 9.57 Å². The zero-order valence-electron chi connectivity index (χ0n) is 16.3. The lowest BCUT2D eigenvalue weighted by atomic mass is 10.1. The van der Waals surface area contributed by atoms with Gasteiger partial charge in [0, 0.05) is 30.3 Å². The third kappa shape index (κ3) is 4.86. The smallest absolute Gasteiger partial charge is 0.276 e. The molecular formula is C21H23N3O5S. The van der Waals surface area contributed by atoms with Crippen LogP contribution in [0.1, 0.15) is 42.5 Å². The van der Waals surface area contributed by atoms with Crippen molar-refractivity contribution in [2.24, 2.45) is 0 Å². The van der Waals surface area contributed by atoms with E-state index in [-0.39, 0.29) is 0 Å². The lowest BCUT2D eigenvalue weighted by Crippen LogP contribution is -2.33. The molecule has 1 aliphatic heterocycles. The summed E-state index contributed by atoms with van der Waals surface area (Å²) in [6.45, 7) is 0.615. The van der Waals surface area contributed by atoms with Gasteiger partial charge in [-0.05, 0) is 56.0 Å². The average molecular weight is 429 g/mol. The first-order valence-corrected chi connectivity index (χ1v) is 11.4. The predicted molar refractivity (Wildman–Crippen MR) is 113 cm³/mol. The summed E-state index contributed by atoms with van der Waals surface area (Å²) in [6.07, 6.45) is 10.2. The Morgan fingerprint density at radius 1 is 1.23 bits per heavy atom. The van der Waals surface area contributed by atoms with Gasteiger partial charge in [0.1, 0.15) is 0 Å². The second-order valence-corrected chi connectivity index (χ2v) is 8.92. The number of amides is 1. The summed E-state index contributed by atoms with van der Waals surface area (Å²) >= 11 is 0. The van der Waals surface area contributed by atoms with Crippen molar-refractivity contribution in [3.63, 3.8) is 0 Å². The number of anilines is 1. The molecule has 1 fully saturated rings. The number of hydrogen-bond acceptors (Lipinski definition) is 6. The van der Waals surface area contributed by atoms with Gasteiger partial charge in [0.2, 0.25) is 0 Å². The Morgan fingerprint density at radius 3 is 2.90 bits per heavy atom. The lowest BCUT2D eigenvalue weighted by Gasteiger charge is -2.22. The van der Waals surface area contributed by atoms with Crippen LogP contribution in [0, 0.1) is 0 Å². The lowest BCUT2D eigenvalue weighted by molar-refractivity contribution is -0.186. The van der Waals surface area contributed by atoms with Crippen molar-refractivity contribution in [2.45, 2.75) is 38.4 Å². The van der Waals surface area contributed by atoms with E-state index in [2.05, 4.69) is 15.2 Å². The highest BCUT2D eigenvalue weighted by atomic mass is 32.2. The molecule has 4 rings (SSSR count). The van der Waals surface area contributed by atoms with Crippen LogP contribution in [0.5, 0.6) is 0 Å². The van der Waals surface area contributed by atoms with E-state index in [1.54, 1.807) is 36.4 Å². The number of rotatable bonds is 6. The van der Waals surface area contributed by atoms with Crippen molar-refractivity contribution >= 4 is 32.5 Å². The molecule has 1 aromatic heterocycles. The number of fused-ring (bicyclic) bond motifs is 1. The standard InChI is InChI=1S/C21H23N3O5S/c25-21(23-29-20-8-4-5-11-28-20)16-12-15-13-17(9-10-19(15)22-14-16)24-30(26,27)18-6-2-1-3-7-18/h1-2,6,9-10,12-14,20,24H,3-5,7-8,11H2,(H,23,25). The van der Waals surface area contributed by atoms with E-state index in [0.29, 0.717) is 46.5 Å². The van der Waals surface area contributed by atoms with E-state index in [0.717, 1.165) is 19.3 Å². The maximum atomic E-state index is 12.6. The topological polar surface area (TPSA) is 107 Å². The predicted octanol–water partition coefficient (Wildman–Crippen LogP) is 3.40. The van der Waals surface area contributed by atoms with Gasteiger partial charge < -0.3 is 4.74 Å². The molecule has 1 saturated heterocycles. The molecule has 1 unspecified atom stereocenters. The summed E-state index contributed by atoms with van der Waals surface area (Å²) in [5.74, 6) is -0.441. The Bertz CT molecular complexity index is 1100. The molecule has 30 heavy (non-hydrogen) atoms. The van der Waals surface area contributed by atoms with Gasteiger partial charge in [0.25, 0.3) is 15.9 Å². The number of nitrogens with one attached hydrogen (secondary N) is 2. The molecule has 0 radical (unpaired) electrons. The highest BCUT2D eigenvalue weighted by Crippen LogP contribution is 2.24. The van der Waals surface area contributed by atoms with Crippen molar-refractivity contribution in [3.05, 3.63) is 59.2 Å². The molecule has 2 aliphatic rings. The first-order chi connectivity index (χ1) is 14.5. The van der Waals surface area contributed by atoms with Gasteiger partial charge in [-0.1, -0.05) is 12.2 Å². The largest absolute Gasteiger partial charge is 0.350 e. The van der Waals surface area contributed by atoms with Crippen molar-refractivity contribution in [2.75, 3.05) is 11.3 Å². The Balaban J connectivity index is 1.48. The molecule has 158 valence electrons. The molecule has 9 heteroatoms. The van der Waals surface area contributed by atoms with Crippen LogP contribution in [-0.2, 0) is 19.6 Å². The van der Waals surface area contributed by atoms with Gasteiger partial charge in [-0.15, -0.1) is 0 Å². The number of sulfonamides is 1. The highest BCUT2D eigenvalue weighted by molar-refractivity contribution is 7.96. The van der Waals surface area contributed by atoms with Gasteiger partial charge in [0.15, 0.2) is 6.29 Å².